The average molecular weight is 557 g/mol. The minimum Gasteiger partial charge on any atom is -0.121 e. The van der Waals surface area contributed by atoms with Crippen molar-refractivity contribution in [3.05, 3.63) is 150 Å². The molecule has 0 bridgehead atoms. The van der Waals surface area contributed by atoms with Crippen LogP contribution < -0.4 is 0 Å². The van der Waals surface area contributed by atoms with Crippen LogP contribution in [0.3, 0.4) is 0 Å². The van der Waals surface area contributed by atoms with Crippen LogP contribution in [0.1, 0.15) is 36.1 Å². The lowest BCUT2D eigenvalue weighted by molar-refractivity contribution is 0.637. The SMILES string of the molecule is Cc1cc(-c2cccc3c2CSc2ccccc2-3)ccc1C(C)(C)c1ccc2c3ccccc3c3ccccc3c2c1. The third-order valence-electron chi connectivity index (χ3n) is 9.40. The first-order valence-corrected chi connectivity index (χ1v) is 15.8. The number of aryl methyl sites for hydroxylation is 1. The van der Waals surface area contributed by atoms with Gasteiger partial charge in [0.25, 0.3) is 0 Å². The zero-order valence-corrected chi connectivity index (χ0v) is 25.1. The van der Waals surface area contributed by atoms with Crippen molar-refractivity contribution in [1.29, 1.82) is 0 Å². The fraction of sp³-hybridized carbons (Fsp3) is 0.122. The molecule has 0 radical (unpaired) electrons. The van der Waals surface area contributed by atoms with Gasteiger partial charge < -0.3 is 0 Å². The molecule has 7 aromatic carbocycles. The standard InChI is InChI=1S/C41H32S/c1-26-23-27(29-16-10-17-34-36-15-8-9-18-40(36)42-25-38(29)34)19-22-39(26)41(2,3)28-20-21-35-32-13-5-4-11-30(32)31-12-6-7-14-33(31)37(35)24-28/h4-24H,25H2,1-3H3. The van der Waals surface area contributed by atoms with Gasteiger partial charge in [0, 0.05) is 16.1 Å². The van der Waals surface area contributed by atoms with Gasteiger partial charge in [0.2, 0.25) is 0 Å². The number of hydrogen-bond acceptors (Lipinski definition) is 1. The van der Waals surface area contributed by atoms with E-state index in [-0.39, 0.29) is 5.41 Å². The number of hydrogen-bond donors (Lipinski definition) is 0. The van der Waals surface area contributed by atoms with Crippen LogP contribution in [0.2, 0.25) is 0 Å². The van der Waals surface area contributed by atoms with E-state index in [1.165, 1.54) is 81.7 Å². The van der Waals surface area contributed by atoms with Gasteiger partial charge in [-0.05, 0) is 95.9 Å². The van der Waals surface area contributed by atoms with Crippen molar-refractivity contribution in [1.82, 2.24) is 0 Å². The first kappa shape index (κ1) is 25.4. The zero-order valence-electron chi connectivity index (χ0n) is 24.2. The monoisotopic (exact) mass is 556 g/mol. The van der Waals surface area contributed by atoms with Gasteiger partial charge in [-0.2, -0.15) is 0 Å². The first-order chi connectivity index (χ1) is 20.5. The highest BCUT2D eigenvalue weighted by Gasteiger charge is 2.27. The third kappa shape index (κ3) is 3.84. The summed E-state index contributed by atoms with van der Waals surface area (Å²) in [7, 11) is 0. The van der Waals surface area contributed by atoms with Crippen molar-refractivity contribution in [2.45, 2.75) is 36.8 Å². The van der Waals surface area contributed by atoms with Crippen LogP contribution in [-0.2, 0) is 11.2 Å². The summed E-state index contributed by atoms with van der Waals surface area (Å²) in [5.74, 6) is 1.01. The smallest absolute Gasteiger partial charge is 0.0244 e. The molecular weight excluding hydrogens is 525 g/mol. The average Bonchev–Trinajstić information content (AvgIpc) is 3.04. The molecule has 0 unspecified atom stereocenters. The molecule has 1 heterocycles. The molecule has 0 amide bonds. The molecule has 0 saturated heterocycles. The van der Waals surface area contributed by atoms with Gasteiger partial charge in [-0.3, -0.25) is 0 Å². The number of thioether (sulfide) groups is 1. The van der Waals surface area contributed by atoms with Crippen LogP contribution in [0.4, 0.5) is 0 Å². The molecule has 0 aliphatic carbocycles. The van der Waals surface area contributed by atoms with E-state index < -0.39 is 0 Å². The Hall–Kier alpha value is -4.33. The van der Waals surface area contributed by atoms with E-state index in [4.69, 9.17) is 0 Å². The lowest BCUT2D eigenvalue weighted by Gasteiger charge is -2.29. The van der Waals surface area contributed by atoms with Gasteiger partial charge in [-0.15, -0.1) is 11.8 Å². The highest BCUT2D eigenvalue weighted by molar-refractivity contribution is 7.98. The Morgan fingerprint density at radius 1 is 0.524 bits per heavy atom. The molecule has 1 aliphatic rings. The van der Waals surface area contributed by atoms with Gasteiger partial charge in [0.1, 0.15) is 0 Å². The minimum absolute atomic E-state index is 0.144. The van der Waals surface area contributed by atoms with Crippen LogP contribution in [-0.4, -0.2) is 0 Å². The van der Waals surface area contributed by atoms with E-state index >= 15 is 0 Å². The van der Waals surface area contributed by atoms with Crippen LogP contribution in [0.5, 0.6) is 0 Å². The molecule has 0 saturated carbocycles. The fourth-order valence-electron chi connectivity index (χ4n) is 7.21. The first-order valence-electron chi connectivity index (χ1n) is 14.8. The summed E-state index contributed by atoms with van der Waals surface area (Å²) in [5, 5.41) is 7.95. The Bertz CT molecular complexity index is 2150. The highest BCUT2D eigenvalue weighted by Crippen LogP contribution is 2.46. The molecule has 202 valence electrons. The summed E-state index contributed by atoms with van der Waals surface area (Å²) < 4.78 is 0. The van der Waals surface area contributed by atoms with E-state index in [0.29, 0.717) is 0 Å². The molecule has 8 rings (SSSR count). The van der Waals surface area contributed by atoms with E-state index in [1.54, 1.807) is 0 Å². The number of benzene rings is 7. The highest BCUT2D eigenvalue weighted by atomic mass is 32.2. The molecule has 7 aromatic rings. The zero-order chi connectivity index (χ0) is 28.4. The maximum Gasteiger partial charge on any atom is 0.0244 e. The van der Waals surface area contributed by atoms with Crippen molar-refractivity contribution in [3.8, 4) is 22.3 Å². The second kappa shape index (κ2) is 9.61. The molecule has 0 N–H and O–H groups in total. The van der Waals surface area contributed by atoms with Crippen LogP contribution in [0.25, 0.3) is 54.6 Å². The van der Waals surface area contributed by atoms with E-state index in [2.05, 4.69) is 148 Å². The van der Waals surface area contributed by atoms with Crippen molar-refractivity contribution in [2.75, 3.05) is 0 Å². The molecular formula is C41H32S. The summed E-state index contributed by atoms with van der Waals surface area (Å²) in [4.78, 5) is 1.38. The molecule has 0 spiro atoms. The quantitative estimate of drug-likeness (QED) is 0.195. The van der Waals surface area contributed by atoms with Crippen molar-refractivity contribution in [3.63, 3.8) is 0 Å². The summed E-state index contributed by atoms with van der Waals surface area (Å²) >= 11 is 1.95. The van der Waals surface area contributed by atoms with Crippen LogP contribution in [0.15, 0.2) is 132 Å². The maximum absolute atomic E-state index is 2.44. The molecule has 0 nitrogen and oxygen atoms in total. The fourth-order valence-corrected chi connectivity index (χ4v) is 8.33. The summed E-state index contributed by atoms with van der Waals surface area (Å²) in [5.41, 5.74) is 10.7. The molecule has 0 fully saturated rings. The molecule has 42 heavy (non-hydrogen) atoms. The predicted molar refractivity (Wildman–Crippen MR) is 183 cm³/mol. The minimum atomic E-state index is -0.144. The molecule has 1 aliphatic heterocycles. The third-order valence-corrected chi connectivity index (χ3v) is 10.5. The second-order valence-electron chi connectivity index (χ2n) is 12.1. The van der Waals surface area contributed by atoms with Crippen molar-refractivity contribution < 1.29 is 0 Å². The largest absolute Gasteiger partial charge is 0.121 e. The van der Waals surface area contributed by atoms with E-state index in [1.807, 2.05) is 11.8 Å². The van der Waals surface area contributed by atoms with Crippen molar-refractivity contribution >= 4 is 44.1 Å². The van der Waals surface area contributed by atoms with Gasteiger partial charge in [0.05, 0.1) is 0 Å². The molecule has 1 heteroatoms. The Labute approximate surface area is 252 Å². The summed E-state index contributed by atoms with van der Waals surface area (Å²) in [6.07, 6.45) is 0. The van der Waals surface area contributed by atoms with Gasteiger partial charge in [-0.1, -0.05) is 129 Å². The number of fused-ring (bicyclic) bond motifs is 9. The maximum atomic E-state index is 2.44. The summed E-state index contributed by atoms with van der Waals surface area (Å²) in [6.45, 7) is 7.03. The topological polar surface area (TPSA) is 0 Å². The summed E-state index contributed by atoms with van der Waals surface area (Å²) in [6, 6.07) is 47.5. The Morgan fingerprint density at radius 3 is 1.83 bits per heavy atom. The normalized spacial score (nSPS) is 12.9. The Morgan fingerprint density at radius 2 is 1.12 bits per heavy atom. The Balaban J connectivity index is 1.24. The lowest BCUT2D eigenvalue weighted by Crippen LogP contribution is -2.20. The Kier molecular flexibility index (Phi) is 5.81. The van der Waals surface area contributed by atoms with E-state index in [0.717, 1.165) is 5.75 Å². The number of rotatable bonds is 3. The molecule has 0 atom stereocenters. The van der Waals surface area contributed by atoms with Crippen LogP contribution >= 0.6 is 11.8 Å². The molecule has 0 aromatic heterocycles. The second-order valence-corrected chi connectivity index (χ2v) is 13.1. The lowest BCUT2D eigenvalue weighted by atomic mass is 9.75. The van der Waals surface area contributed by atoms with Crippen molar-refractivity contribution in [2.24, 2.45) is 0 Å². The van der Waals surface area contributed by atoms with Crippen LogP contribution in [0, 0.1) is 6.92 Å². The van der Waals surface area contributed by atoms with E-state index in [9.17, 15) is 0 Å². The predicted octanol–water partition coefficient (Wildman–Crippen LogP) is 11.7. The van der Waals surface area contributed by atoms with Gasteiger partial charge >= 0.3 is 0 Å². The van der Waals surface area contributed by atoms with Gasteiger partial charge in [-0.25, -0.2) is 0 Å². The van der Waals surface area contributed by atoms with Gasteiger partial charge in [0.15, 0.2) is 0 Å².